The minimum absolute atomic E-state index is 0.180. The first-order valence-electron chi connectivity index (χ1n) is 10.1. The maximum atomic E-state index is 12.7. The highest BCUT2D eigenvalue weighted by atomic mass is 16.5. The van der Waals surface area contributed by atoms with E-state index in [1.54, 1.807) is 55.6 Å². The van der Waals surface area contributed by atoms with Crippen LogP contribution < -0.4 is 15.4 Å². The van der Waals surface area contributed by atoms with Gasteiger partial charge in [-0.05, 0) is 61.7 Å². The number of carbonyl (C=O) groups excluding carboxylic acids is 2. The number of methoxy groups -OCH3 is 1. The average Bonchev–Trinajstić information content (AvgIpc) is 2.74. The summed E-state index contributed by atoms with van der Waals surface area (Å²) in [4.78, 5) is 27.6. The molecule has 6 nitrogen and oxygen atoms in total. The molecule has 1 aliphatic rings. The number of anilines is 1. The maximum absolute atomic E-state index is 12.7. The molecule has 1 aliphatic heterocycles. The zero-order chi connectivity index (χ0) is 20.6. The normalized spacial score (nSPS) is 16.8. The highest BCUT2D eigenvalue weighted by Gasteiger charge is 2.17. The molecule has 1 fully saturated rings. The number of benzene rings is 2. The van der Waals surface area contributed by atoms with Crippen molar-refractivity contribution in [2.45, 2.75) is 19.8 Å². The number of nitrogens with one attached hydrogen (secondary N) is 2. The molecule has 2 amide bonds. The van der Waals surface area contributed by atoms with E-state index in [1.165, 1.54) is 12.8 Å². The number of hydrogen-bond acceptors (Lipinski definition) is 4. The fourth-order valence-electron chi connectivity index (χ4n) is 3.64. The highest BCUT2D eigenvalue weighted by Crippen LogP contribution is 2.18. The van der Waals surface area contributed by atoms with Gasteiger partial charge in [-0.1, -0.05) is 19.1 Å². The Labute approximate surface area is 172 Å². The Balaban J connectivity index is 1.58. The Morgan fingerprint density at radius 1 is 1.10 bits per heavy atom. The zero-order valence-corrected chi connectivity index (χ0v) is 17.1. The summed E-state index contributed by atoms with van der Waals surface area (Å²) >= 11 is 0. The quantitative estimate of drug-likeness (QED) is 0.754. The number of ether oxygens (including phenoxy) is 1. The van der Waals surface area contributed by atoms with Crippen molar-refractivity contribution in [3.05, 3.63) is 59.7 Å². The van der Waals surface area contributed by atoms with E-state index in [0.29, 0.717) is 35.0 Å². The molecule has 1 unspecified atom stereocenters. The van der Waals surface area contributed by atoms with Crippen molar-refractivity contribution in [3.8, 4) is 5.75 Å². The van der Waals surface area contributed by atoms with Crippen molar-refractivity contribution in [2.75, 3.05) is 38.6 Å². The first-order valence-corrected chi connectivity index (χ1v) is 10.1. The molecule has 2 aromatic rings. The molecule has 154 valence electrons. The van der Waals surface area contributed by atoms with Gasteiger partial charge in [-0.15, -0.1) is 0 Å². The largest absolute Gasteiger partial charge is 0.497 e. The van der Waals surface area contributed by atoms with Gasteiger partial charge in [-0.25, -0.2) is 0 Å². The maximum Gasteiger partial charge on any atom is 0.255 e. The molecule has 0 bridgehead atoms. The van der Waals surface area contributed by atoms with E-state index < -0.39 is 0 Å². The second kappa shape index (κ2) is 10.1. The van der Waals surface area contributed by atoms with E-state index in [1.807, 2.05) is 0 Å². The molecular formula is C23H29N3O3. The first-order chi connectivity index (χ1) is 14.1. The summed E-state index contributed by atoms with van der Waals surface area (Å²) in [7, 11) is 1.58. The lowest BCUT2D eigenvalue weighted by molar-refractivity contribution is 0.0944. The Morgan fingerprint density at radius 2 is 1.86 bits per heavy atom. The van der Waals surface area contributed by atoms with E-state index in [4.69, 9.17) is 4.74 Å². The van der Waals surface area contributed by atoms with Crippen molar-refractivity contribution >= 4 is 17.5 Å². The molecule has 0 radical (unpaired) electrons. The Bertz CT molecular complexity index is 836. The van der Waals surface area contributed by atoms with Gasteiger partial charge in [0, 0.05) is 25.2 Å². The van der Waals surface area contributed by atoms with E-state index in [2.05, 4.69) is 22.5 Å². The number of likely N-dealkylation sites (tertiary alicyclic amines) is 1. The number of para-hydroxylation sites is 1. The molecule has 0 aliphatic carbocycles. The molecule has 6 heteroatoms. The SMILES string of the molecule is COc1ccc(C(=O)Nc2ccccc2C(=O)NCCN2CCCC(C)C2)cc1. The summed E-state index contributed by atoms with van der Waals surface area (Å²) in [6.07, 6.45) is 2.50. The van der Waals surface area contributed by atoms with Crippen LogP contribution in [-0.2, 0) is 0 Å². The molecule has 29 heavy (non-hydrogen) atoms. The van der Waals surface area contributed by atoms with Gasteiger partial charge in [-0.3, -0.25) is 9.59 Å². The molecule has 0 spiro atoms. The van der Waals surface area contributed by atoms with E-state index in [-0.39, 0.29) is 11.8 Å². The van der Waals surface area contributed by atoms with Gasteiger partial charge in [0.2, 0.25) is 0 Å². The number of piperidine rings is 1. The average molecular weight is 396 g/mol. The van der Waals surface area contributed by atoms with Gasteiger partial charge in [-0.2, -0.15) is 0 Å². The van der Waals surface area contributed by atoms with Gasteiger partial charge < -0.3 is 20.3 Å². The molecule has 1 heterocycles. The standard InChI is InChI=1S/C23H29N3O3/c1-17-6-5-14-26(16-17)15-13-24-23(28)20-7-3-4-8-21(20)25-22(27)18-9-11-19(29-2)12-10-18/h3-4,7-12,17H,5-6,13-16H2,1-2H3,(H,24,28)(H,25,27). The predicted molar refractivity (Wildman–Crippen MR) is 115 cm³/mol. The number of hydrogen-bond donors (Lipinski definition) is 2. The van der Waals surface area contributed by atoms with E-state index in [9.17, 15) is 9.59 Å². The number of nitrogens with zero attached hydrogens (tertiary/aromatic N) is 1. The summed E-state index contributed by atoms with van der Waals surface area (Å²) in [5.41, 5.74) is 1.46. The minimum atomic E-state index is -0.268. The van der Waals surface area contributed by atoms with Gasteiger partial charge >= 0.3 is 0 Å². The predicted octanol–water partition coefficient (Wildman–Crippen LogP) is 3.41. The molecule has 2 aromatic carbocycles. The van der Waals surface area contributed by atoms with Crippen LogP contribution in [0.3, 0.4) is 0 Å². The molecule has 2 N–H and O–H groups in total. The van der Waals surface area contributed by atoms with Crippen molar-refractivity contribution in [2.24, 2.45) is 5.92 Å². The monoisotopic (exact) mass is 395 g/mol. The first kappa shape index (κ1) is 20.9. The van der Waals surface area contributed by atoms with E-state index in [0.717, 1.165) is 19.6 Å². The van der Waals surface area contributed by atoms with Gasteiger partial charge in [0.1, 0.15) is 5.75 Å². The summed E-state index contributed by atoms with van der Waals surface area (Å²) in [6, 6.07) is 13.9. The van der Waals surface area contributed by atoms with Crippen molar-refractivity contribution in [1.29, 1.82) is 0 Å². The van der Waals surface area contributed by atoms with Crippen molar-refractivity contribution in [1.82, 2.24) is 10.2 Å². The second-order valence-electron chi connectivity index (χ2n) is 7.53. The Kier molecular flexibility index (Phi) is 7.25. The lowest BCUT2D eigenvalue weighted by Crippen LogP contribution is -2.40. The topological polar surface area (TPSA) is 70.7 Å². The molecule has 0 saturated carbocycles. The summed E-state index contributed by atoms with van der Waals surface area (Å²) < 4.78 is 5.12. The van der Waals surface area contributed by atoms with Crippen LogP contribution in [0.1, 0.15) is 40.5 Å². The van der Waals surface area contributed by atoms with Crippen LogP contribution in [0, 0.1) is 5.92 Å². The zero-order valence-electron chi connectivity index (χ0n) is 17.1. The van der Waals surface area contributed by atoms with Crippen LogP contribution in [-0.4, -0.2) is 50.0 Å². The van der Waals surface area contributed by atoms with Crippen LogP contribution in [0.2, 0.25) is 0 Å². The third-order valence-electron chi connectivity index (χ3n) is 5.23. The molecule has 0 aromatic heterocycles. The molecule has 1 atom stereocenters. The third kappa shape index (κ3) is 5.81. The Morgan fingerprint density at radius 3 is 2.59 bits per heavy atom. The number of amides is 2. The summed E-state index contributed by atoms with van der Waals surface area (Å²) in [5, 5.41) is 5.82. The van der Waals surface area contributed by atoms with E-state index >= 15 is 0 Å². The van der Waals surface area contributed by atoms with Crippen molar-refractivity contribution < 1.29 is 14.3 Å². The smallest absolute Gasteiger partial charge is 0.255 e. The third-order valence-corrected chi connectivity index (χ3v) is 5.23. The van der Waals surface area contributed by atoms with Gasteiger partial charge in [0.15, 0.2) is 0 Å². The van der Waals surface area contributed by atoms with Crippen LogP contribution in [0.15, 0.2) is 48.5 Å². The molecule has 1 saturated heterocycles. The number of carbonyl (C=O) groups is 2. The van der Waals surface area contributed by atoms with Gasteiger partial charge in [0.05, 0.1) is 18.4 Å². The van der Waals surface area contributed by atoms with Crippen LogP contribution in [0.25, 0.3) is 0 Å². The number of rotatable bonds is 7. The fraction of sp³-hybridized carbons (Fsp3) is 0.391. The summed E-state index contributed by atoms with van der Waals surface area (Å²) in [6.45, 7) is 5.88. The molecule has 3 rings (SSSR count). The van der Waals surface area contributed by atoms with Crippen LogP contribution in [0.4, 0.5) is 5.69 Å². The lowest BCUT2D eigenvalue weighted by Gasteiger charge is -2.30. The summed E-state index contributed by atoms with van der Waals surface area (Å²) in [5.74, 6) is 0.952. The molecular weight excluding hydrogens is 366 g/mol. The van der Waals surface area contributed by atoms with Crippen molar-refractivity contribution in [3.63, 3.8) is 0 Å². The van der Waals surface area contributed by atoms with Crippen LogP contribution in [0.5, 0.6) is 5.75 Å². The fourth-order valence-corrected chi connectivity index (χ4v) is 3.64. The Hall–Kier alpha value is -2.86. The van der Waals surface area contributed by atoms with Gasteiger partial charge in [0.25, 0.3) is 11.8 Å². The minimum Gasteiger partial charge on any atom is -0.497 e. The second-order valence-corrected chi connectivity index (χ2v) is 7.53. The lowest BCUT2D eigenvalue weighted by atomic mass is 10.0. The highest BCUT2D eigenvalue weighted by molar-refractivity contribution is 6.09. The van der Waals surface area contributed by atoms with Crippen LogP contribution >= 0.6 is 0 Å².